The summed E-state index contributed by atoms with van der Waals surface area (Å²) in [7, 11) is 1.55. The first kappa shape index (κ1) is 15.5. The molecule has 2 amide bonds. The van der Waals surface area contributed by atoms with Crippen LogP contribution in [0.2, 0.25) is 0 Å². The first-order valence-electron chi connectivity index (χ1n) is 7.79. The highest BCUT2D eigenvalue weighted by Crippen LogP contribution is 2.26. The number of nitrogens with one attached hydrogen (secondary N) is 2. The smallest absolute Gasteiger partial charge is 0.271 e. The van der Waals surface area contributed by atoms with Crippen molar-refractivity contribution in [1.29, 1.82) is 0 Å². The lowest BCUT2D eigenvalue weighted by molar-refractivity contribution is -0.130. The van der Waals surface area contributed by atoms with E-state index in [1.54, 1.807) is 24.5 Å². The summed E-state index contributed by atoms with van der Waals surface area (Å²) in [4.78, 5) is 32.7. The van der Waals surface area contributed by atoms with E-state index in [-0.39, 0.29) is 11.8 Å². The molecule has 0 aliphatic carbocycles. The van der Waals surface area contributed by atoms with Crippen LogP contribution in [0.3, 0.4) is 0 Å². The topological polar surface area (TPSA) is 90.4 Å². The fourth-order valence-electron chi connectivity index (χ4n) is 2.65. The van der Waals surface area contributed by atoms with Gasteiger partial charge in [-0.1, -0.05) is 6.07 Å². The van der Waals surface area contributed by atoms with E-state index in [2.05, 4.69) is 20.4 Å². The van der Waals surface area contributed by atoms with Gasteiger partial charge in [-0.25, -0.2) is 9.99 Å². The molecule has 126 valence electrons. The van der Waals surface area contributed by atoms with E-state index >= 15 is 0 Å². The second kappa shape index (κ2) is 6.14. The lowest BCUT2D eigenvalue weighted by atomic mass is 10.1. The first-order valence-corrected chi connectivity index (χ1v) is 8.67. The monoisotopic (exact) mass is 353 g/mol. The molecule has 0 unspecified atom stereocenters. The minimum atomic E-state index is -0.295. The van der Waals surface area contributed by atoms with Gasteiger partial charge in [-0.3, -0.25) is 9.59 Å². The third-order valence-corrected chi connectivity index (χ3v) is 4.84. The van der Waals surface area contributed by atoms with Crippen LogP contribution in [0, 0.1) is 0 Å². The zero-order valence-corrected chi connectivity index (χ0v) is 14.3. The molecule has 0 spiro atoms. The number of hydrogen-bond acceptors (Lipinski definition) is 5. The molecule has 0 saturated heterocycles. The minimum absolute atomic E-state index is 0.0865. The molecular formula is C17H15N5O2S. The normalized spacial score (nSPS) is 14.7. The predicted molar refractivity (Wildman–Crippen MR) is 97.5 cm³/mol. The van der Waals surface area contributed by atoms with Crippen molar-refractivity contribution in [2.24, 2.45) is 5.10 Å². The number of H-pyrrole nitrogens is 1. The van der Waals surface area contributed by atoms with Gasteiger partial charge in [0.15, 0.2) is 0 Å². The second-order valence-corrected chi connectivity index (χ2v) is 6.66. The summed E-state index contributed by atoms with van der Waals surface area (Å²) in [5.41, 5.74) is 2.69. The molecule has 25 heavy (non-hydrogen) atoms. The number of carbonyl (C=O) groups excluding carboxylic acids is 2. The average Bonchev–Trinajstić information content (AvgIpc) is 3.25. The SMILES string of the molecule is CN1N=C(C(=O)Nc2ccc3nc(-c4cccs4)[nH]c3c2)CCC1=O. The van der Waals surface area contributed by atoms with Crippen molar-refractivity contribution in [1.82, 2.24) is 15.0 Å². The number of fused-ring (bicyclic) bond motifs is 1. The van der Waals surface area contributed by atoms with E-state index in [0.717, 1.165) is 21.7 Å². The fraction of sp³-hybridized carbons (Fsp3) is 0.176. The summed E-state index contributed by atoms with van der Waals surface area (Å²) in [6.07, 6.45) is 0.649. The highest BCUT2D eigenvalue weighted by atomic mass is 32.1. The van der Waals surface area contributed by atoms with Gasteiger partial charge >= 0.3 is 0 Å². The van der Waals surface area contributed by atoms with Crippen molar-refractivity contribution in [3.8, 4) is 10.7 Å². The van der Waals surface area contributed by atoms with Crippen LogP contribution in [0.15, 0.2) is 40.8 Å². The maximum absolute atomic E-state index is 12.3. The Bertz CT molecular complexity index is 990. The first-order chi connectivity index (χ1) is 12.1. The van der Waals surface area contributed by atoms with E-state index in [0.29, 0.717) is 24.2 Å². The Morgan fingerprint density at radius 3 is 2.96 bits per heavy atom. The number of rotatable bonds is 3. The maximum atomic E-state index is 12.3. The van der Waals surface area contributed by atoms with E-state index in [1.807, 2.05) is 29.6 Å². The zero-order chi connectivity index (χ0) is 17.4. The van der Waals surface area contributed by atoms with Crippen molar-refractivity contribution in [2.45, 2.75) is 12.8 Å². The van der Waals surface area contributed by atoms with E-state index < -0.39 is 0 Å². The second-order valence-electron chi connectivity index (χ2n) is 5.71. The largest absolute Gasteiger partial charge is 0.337 e. The Morgan fingerprint density at radius 2 is 2.20 bits per heavy atom. The number of anilines is 1. The van der Waals surface area contributed by atoms with Crippen LogP contribution in [0.4, 0.5) is 5.69 Å². The molecule has 1 aromatic carbocycles. The highest BCUT2D eigenvalue weighted by Gasteiger charge is 2.22. The van der Waals surface area contributed by atoms with Crippen LogP contribution in [0.25, 0.3) is 21.7 Å². The van der Waals surface area contributed by atoms with Gasteiger partial charge in [0.05, 0.1) is 15.9 Å². The lowest BCUT2D eigenvalue weighted by Gasteiger charge is -2.18. The number of amides is 2. The molecule has 0 saturated carbocycles. The van der Waals surface area contributed by atoms with Crippen molar-refractivity contribution >= 4 is 45.6 Å². The molecule has 8 heteroatoms. The Hall–Kier alpha value is -3.00. The van der Waals surface area contributed by atoms with Crippen LogP contribution in [0.5, 0.6) is 0 Å². The lowest BCUT2D eigenvalue weighted by Crippen LogP contribution is -2.34. The molecule has 4 rings (SSSR count). The Kier molecular flexibility index (Phi) is 3.81. The predicted octanol–water partition coefficient (Wildman–Crippen LogP) is 2.84. The third kappa shape index (κ3) is 3.03. The van der Waals surface area contributed by atoms with Gasteiger partial charge in [0.25, 0.3) is 5.91 Å². The number of aromatic amines is 1. The number of benzene rings is 1. The summed E-state index contributed by atoms with van der Waals surface area (Å²) < 4.78 is 0. The standard InChI is InChI=1S/C17H15N5O2S/c1-22-15(23)7-6-12(21-22)17(24)18-10-4-5-11-13(9-10)20-16(19-11)14-3-2-8-25-14/h2-5,8-9H,6-7H2,1H3,(H,18,24)(H,19,20). The Morgan fingerprint density at radius 1 is 1.32 bits per heavy atom. The van der Waals surface area contributed by atoms with Gasteiger partial charge in [0, 0.05) is 25.6 Å². The fourth-order valence-corrected chi connectivity index (χ4v) is 3.32. The molecule has 2 aromatic heterocycles. The quantitative estimate of drug-likeness (QED) is 0.758. The van der Waals surface area contributed by atoms with Gasteiger partial charge in [0.1, 0.15) is 11.5 Å². The van der Waals surface area contributed by atoms with Gasteiger partial charge < -0.3 is 10.3 Å². The number of thiophene rings is 1. The number of aromatic nitrogens is 2. The summed E-state index contributed by atoms with van der Waals surface area (Å²) in [6.45, 7) is 0. The molecule has 2 N–H and O–H groups in total. The van der Waals surface area contributed by atoms with Gasteiger partial charge in [-0.15, -0.1) is 11.3 Å². The van der Waals surface area contributed by atoms with Crippen molar-refractivity contribution < 1.29 is 9.59 Å². The van der Waals surface area contributed by atoms with Gasteiger partial charge in [-0.05, 0) is 29.6 Å². The van der Waals surface area contributed by atoms with Crippen LogP contribution < -0.4 is 5.32 Å². The minimum Gasteiger partial charge on any atom is -0.337 e. The number of hydrogen-bond donors (Lipinski definition) is 2. The van der Waals surface area contributed by atoms with E-state index in [4.69, 9.17) is 0 Å². The molecule has 7 nitrogen and oxygen atoms in total. The maximum Gasteiger partial charge on any atom is 0.271 e. The molecule has 0 bridgehead atoms. The molecule has 0 fully saturated rings. The van der Waals surface area contributed by atoms with Crippen molar-refractivity contribution in [2.75, 3.05) is 12.4 Å². The molecule has 1 aliphatic rings. The Labute approximate surface area is 147 Å². The van der Waals surface area contributed by atoms with E-state index in [9.17, 15) is 9.59 Å². The number of hydrazone groups is 1. The number of nitrogens with zero attached hydrogens (tertiary/aromatic N) is 3. The molecule has 3 aromatic rings. The molecule has 0 atom stereocenters. The highest BCUT2D eigenvalue weighted by molar-refractivity contribution is 7.13. The summed E-state index contributed by atoms with van der Waals surface area (Å²) in [5.74, 6) is 0.429. The van der Waals surface area contributed by atoms with Gasteiger partial charge in [-0.2, -0.15) is 5.10 Å². The Balaban J connectivity index is 1.57. The van der Waals surface area contributed by atoms with Crippen molar-refractivity contribution in [3.05, 3.63) is 35.7 Å². The molecule has 1 aliphatic heterocycles. The molecular weight excluding hydrogens is 338 g/mol. The molecule has 0 radical (unpaired) electrons. The van der Waals surface area contributed by atoms with Crippen LogP contribution in [-0.2, 0) is 9.59 Å². The summed E-state index contributed by atoms with van der Waals surface area (Å²) >= 11 is 1.61. The summed E-state index contributed by atoms with van der Waals surface area (Å²) in [5, 5.41) is 10.1. The van der Waals surface area contributed by atoms with Crippen LogP contribution in [-0.4, -0.2) is 39.6 Å². The van der Waals surface area contributed by atoms with Crippen LogP contribution >= 0.6 is 11.3 Å². The van der Waals surface area contributed by atoms with E-state index in [1.165, 1.54) is 5.01 Å². The number of carbonyl (C=O) groups is 2. The van der Waals surface area contributed by atoms with Crippen molar-refractivity contribution in [3.63, 3.8) is 0 Å². The summed E-state index contributed by atoms with van der Waals surface area (Å²) in [6, 6.07) is 9.49. The third-order valence-electron chi connectivity index (χ3n) is 3.96. The van der Waals surface area contributed by atoms with Crippen LogP contribution in [0.1, 0.15) is 12.8 Å². The van der Waals surface area contributed by atoms with Gasteiger partial charge in [0.2, 0.25) is 5.91 Å². The average molecular weight is 353 g/mol. The zero-order valence-electron chi connectivity index (χ0n) is 13.4. The number of imidazole rings is 1. The molecule has 3 heterocycles.